The lowest BCUT2D eigenvalue weighted by Crippen LogP contribution is -2.05. The lowest BCUT2D eigenvalue weighted by molar-refractivity contribution is 0.368. The van der Waals surface area contributed by atoms with E-state index in [1.54, 1.807) is 0 Å². The summed E-state index contributed by atoms with van der Waals surface area (Å²) < 4.78 is 39.0. The van der Waals surface area contributed by atoms with E-state index in [1.165, 1.54) is 37.7 Å². The summed E-state index contributed by atoms with van der Waals surface area (Å²) in [6.07, 6.45) is 8.75. The molecular formula is C10H24BF4P. The van der Waals surface area contributed by atoms with E-state index in [0.29, 0.717) is 0 Å². The monoisotopic (exact) mass is 262 g/mol. The molecule has 0 heterocycles. The molecule has 0 N–H and O–H groups in total. The van der Waals surface area contributed by atoms with Gasteiger partial charge in [0.05, 0.1) is 18.5 Å². The number of hydrogen-bond donors (Lipinski definition) is 0. The van der Waals surface area contributed by atoms with Crippen molar-refractivity contribution < 1.29 is 17.3 Å². The van der Waals surface area contributed by atoms with Crippen LogP contribution in [0.25, 0.3) is 0 Å². The third kappa shape index (κ3) is 16.6. The fourth-order valence-electron chi connectivity index (χ4n) is 1.95. The molecule has 0 spiro atoms. The Hall–Kier alpha value is 0.215. The van der Waals surface area contributed by atoms with E-state index in [2.05, 4.69) is 27.4 Å². The van der Waals surface area contributed by atoms with Crippen LogP contribution in [0.3, 0.4) is 0 Å². The quantitative estimate of drug-likeness (QED) is 0.352. The van der Waals surface area contributed by atoms with Gasteiger partial charge in [-0.05, 0) is 19.3 Å². The molecule has 0 aromatic heterocycles. The zero-order valence-electron chi connectivity index (χ0n) is 10.8. The summed E-state index contributed by atoms with van der Waals surface area (Å²) in [5, 5.41) is 0. The van der Waals surface area contributed by atoms with Gasteiger partial charge in [-0.25, -0.2) is 0 Å². The third-order valence-corrected chi connectivity index (χ3v) is 6.87. The summed E-state index contributed by atoms with van der Waals surface area (Å²) in [6, 6.07) is 0. The molecule has 0 aromatic rings. The molecule has 0 unspecified atom stereocenters. The first kappa shape index (κ1) is 18.6. The van der Waals surface area contributed by atoms with E-state index in [0.717, 1.165) is 0 Å². The van der Waals surface area contributed by atoms with Crippen LogP contribution in [0.5, 0.6) is 0 Å². The smallest absolute Gasteiger partial charge is 0.418 e. The largest absolute Gasteiger partial charge is 0.673 e. The Morgan fingerprint density at radius 3 is 1.06 bits per heavy atom. The second-order valence-corrected chi connectivity index (χ2v) is 8.87. The first-order valence-electron chi connectivity index (χ1n) is 5.89. The van der Waals surface area contributed by atoms with Crippen LogP contribution in [0.4, 0.5) is 17.3 Å². The topological polar surface area (TPSA) is 0 Å². The van der Waals surface area contributed by atoms with Gasteiger partial charge in [-0.15, -0.1) is 0 Å². The average molecular weight is 262 g/mol. The molecule has 0 bridgehead atoms. The highest BCUT2D eigenvalue weighted by atomic mass is 31.2. The number of rotatable bonds is 6. The molecule has 0 nitrogen and oxygen atoms in total. The second-order valence-electron chi connectivity index (χ2n) is 4.29. The summed E-state index contributed by atoms with van der Waals surface area (Å²) >= 11 is 0. The molecular weight excluding hydrogens is 238 g/mol. The predicted molar refractivity (Wildman–Crippen MR) is 68.5 cm³/mol. The maximum absolute atomic E-state index is 9.75. The van der Waals surface area contributed by atoms with Crippen molar-refractivity contribution in [3.63, 3.8) is 0 Å². The van der Waals surface area contributed by atoms with Crippen molar-refractivity contribution >= 4 is 14.5 Å². The minimum absolute atomic E-state index is 0.469. The molecule has 0 aliphatic rings. The van der Waals surface area contributed by atoms with Gasteiger partial charge in [0.25, 0.3) is 0 Å². The zero-order valence-corrected chi connectivity index (χ0v) is 11.7. The molecule has 0 amide bonds. The van der Waals surface area contributed by atoms with Gasteiger partial charge in [-0.2, -0.15) is 0 Å². The summed E-state index contributed by atoms with van der Waals surface area (Å²) in [5.41, 5.74) is 0. The fourth-order valence-corrected chi connectivity index (χ4v) is 5.86. The summed E-state index contributed by atoms with van der Waals surface area (Å²) in [7, 11) is -6.47. The van der Waals surface area contributed by atoms with E-state index in [9.17, 15) is 17.3 Å². The standard InChI is InChI=1S/C10H24P.BF4/c1-5-8-11(4,9-6-2)10-7-3;2-1(3,4)5/h5-10H2,1-4H3;/q+1;-1. The van der Waals surface area contributed by atoms with Crippen LogP contribution in [0.1, 0.15) is 40.0 Å². The third-order valence-electron chi connectivity index (χ3n) is 2.29. The van der Waals surface area contributed by atoms with Crippen LogP contribution in [0.2, 0.25) is 0 Å². The number of hydrogen-bond acceptors (Lipinski definition) is 0. The van der Waals surface area contributed by atoms with E-state index in [4.69, 9.17) is 0 Å². The highest BCUT2D eigenvalue weighted by Gasteiger charge is 2.27. The Kier molecular flexibility index (Phi) is 10.8. The van der Waals surface area contributed by atoms with Crippen molar-refractivity contribution in [2.75, 3.05) is 25.2 Å². The van der Waals surface area contributed by atoms with Gasteiger partial charge in [0.2, 0.25) is 0 Å². The fraction of sp³-hybridized carbons (Fsp3) is 1.00. The average Bonchev–Trinajstić information content (AvgIpc) is 2.01. The van der Waals surface area contributed by atoms with Gasteiger partial charge in [0.1, 0.15) is 0 Å². The Morgan fingerprint density at radius 2 is 0.938 bits per heavy atom. The van der Waals surface area contributed by atoms with Crippen LogP contribution in [-0.4, -0.2) is 32.4 Å². The van der Waals surface area contributed by atoms with Crippen LogP contribution in [-0.2, 0) is 0 Å². The SMILES string of the molecule is CCC[P+](C)(CCC)CCC.F[B-](F)(F)F. The second kappa shape index (κ2) is 9.27. The predicted octanol–water partition coefficient (Wildman–Crippen LogP) is 5.16. The van der Waals surface area contributed by atoms with Crippen LogP contribution in [0.15, 0.2) is 0 Å². The van der Waals surface area contributed by atoms with Crippen molar-refractivity contribution in [2.24, 2.45) is 0 Å². The molecule has 0 fully saturated rings. The molecule has 100 valence electrons. The van der Waals surface area contributed by atoms with Crippen LogP contribution >= 0.6 is 7.26 Å². The van der Waals surface area contributed by atoms with Crippen molar-refractivity contribution in [1.29, 1.82) is 0 Å². The van der Waals surface area contributed by atoms with Crippen LogP contribution in [0, 0.1) is 0 Å². The highest BCUT2D eigenvalue weighted by molar-refractivity contribution is 7.75. The molecule has 16 heavy (non-hydrogen) atoms. The normalized spacial score (nSPS) is 12.0. The molecule has 0 radical (unpaired) electrons. The van der Waals surface area contributed by atoms with Crippen LogP contribution < -0.4 is 0 Å². The van der Waals surface area contributed by atoms with Gasteiger partial charge < -0.3 is 17.3 Å². The molecule has 0 aliphatic heterocycles. The van der Waals surface area contributed by atoms with Crippen molar-refractivity contribution in [2.45, 2.75) is 40.0 Å². The number of halogens is 4. The Bertz CT molecular complexity index is 138. The summed E-state index contributed by atoms with van der Waals surface area (Å²) in [4.78, 5) is 0. The minimum Gasteiger partial charge on any atom is -0.418 e. The summed E-state index contributed by atoms with van der Waals surface area (Å²) in [5.74, 6) is 0. The van der Waals surface area contributed by atoms with E-state index < -0.39 is 14.5 Å². The molecule has 6 heteroatoms. The van der Waals surface area contributed by atoms with Crippen molar-refractivity contribution in [3.05, 3.63) is 0 Å². The van der Waals surface area contributed by atoms with E-state index in [1.807, 2.05) is 0 Å². The lowest BCUT2D eigenvalue weighted by Gasteiger charge is -2.21. The van der Waals surface area contributed by atoms with Gasteiger partial charge in [0.15, 0.2) is 0 Å². The van der Waals surface area contributed by atoms with E-state index >= 15 is 0 Å². The molecule has 0 aliphatic carbocycles. The highest BCUT2D eigenvalue weighted by Crippen LogP contribution is 2.56. The molecule has 0 aromatic carbocycles. The lowest BCUT2D eigenvalue weighted by atomic mass is 10.3. The van der Waals surface area contributed by atoms with Gasteiger partial charge >= 0.3 is 7.25 Å². The maximum atomic E-state index is 9.75. The molecule has 0 saturated carbocycles. The van der Waals surface area contributed by atoms with Gasteiger partial charge in [0, 0.05) is 13.9 Å². The molecule has 0 saturated heterocycles. The van der Waals surface area contributed by atoms with Crippen molar-refractivity contribution in [3.8, 4) is 0 Å². The Labute approximate surface area is 97.6 Å². The first-order chi connectivity index (χ1) is 7.18. The first-order valence-corrected chi connectivity index (χ1v) is 8.68. The molecule has 0 atom stereocenters. The van der Waals surface area contributed by atoms with Crippen molar-refractivity contribution in [1.82, 2.24) is 0 Å². The summed E-state index contributed by atoms with van der Waals surface area (Å²) in [6.45, 7) is 9.53. The molecule has 0 rings (SSSR count). The Morgan fingerprint density at radius 1 is 0.750 bits per heavy atom. The van der Waals surface area contributed by atoms with Gasteiger partial charge in [-0.3, -0.25) is 0 Å². The van der Waals surface area contributed by atoms with E-state index in [-0.39, 0.29) is 0 Å². The minimum atomic E-state index is -6.00. The zero-order chi connectivity index (χ0) is 13.2. The maximum Gasteiger partial charge on any atom is 0.673 e. The Balaban J connectivity index is 0. The van der Waals surface area contributed by atoms with Gasteiger partial charge in [-0.1, -0.05) is 20.8 Å².